The number of hydrogen-bond donors (Lipinski definition) is 3. The summed E-state index contributed by atoms with van der Waals surface area (Å²) in [6, 6.07) is 6.18. The Kier molecular flexibility index (Phi) is 5.41. The van der Waals surface area contributed by atoms with E-state index in [4.69, 9.17) is 4.74 Å². The van der Waals surface area contributed by atoms with Crippen molar-refractivity contribution in [3.8, 4) is 0 Å². The van der Waals surface area contributed by atoms with E-state index in [1.165, 1.54) is 5.56 Å². The fourth-order valence-electron chi connectivity index (χ4n) is 3.56. The molecule has 2 amide bonds. The minimum atomic E-state index is -0.545. The van der Waals surface area contributed by atoms with Gasteiger partial charge < -0.3 is 20.4 Å². The third-order valence-corrected chi connectivity index (χ3v) is 5.18. The Morgan fingerprint density at radius 1 is 1.21 bits per heavy atom. The molecule has 0 saturated heterocycles. The predicted octanol–water partition coefficient (Wildman–Crippen LogP) is 3.83. The summed E-state index contributed by atoms with van der Waals surface area (Å²) in [5, 5.41) is 7.05. The van der Waals surface area contributed by atoms with Gasteiger partial charge in [0.25, 0.3) is 0 Å². The van der Waals surface area contributed by atoms with Gasteiger partial charge in [0.2, 0.25) is 5.91 Å². The second kappa shape index (κ2) is 7.49. The van der Waals surface area contributed by atoms with Crippen molar-refractivity contribution in [3.05, 3.63) is 35.5 Å². The van der Waals surface area contributed by atoms with Crippen LogP contribution in [0.5, 0.6) is 0 Å². The van der Waals surface area contributed by atoms with Crippen LogP contribution >= 0.6 is 0 Å². The van der Waals surface area contributed by atoms with Gasteiger partial charge >= 0.3 is 6.09 Å². The molecule has 1 unspecified atom stereocenters. The molecular formula is C22H31N3O3. The van der Waals surface area contributed by atoms with E-state index in [2.05, 4.69) is 27.8 Å². The highest BCUT2D eigenvalue weighted by molar-refractivity contribution is 5.89. The number of benzene rings is 1. The van der Waals surface area contributed by atoms with Gasteiger partial charge in [-0.15, -0.1) is 0 Å². The Morgan fingerprint density at radius 2 is 1.93 bits per heavy atom. The summed E-state index contributed by atoms with van der Waals surface area (Å²) in [6.07, 6.45) is 3.85. The van der Waals surface area contributed by atoms with E-state index >= 15 is 0 Å². The van der Waals surface area contributed by atoms with Crippen molar-refractivity contribution in [2.24, 2.45) is 5.92 Å². The lowest BCUT2D eigenvalue weighted by molar-refractivity contribution is -0.122. The summed E-state index contributed by atoms with van der Waals surface area (Å²) < 4.78 is 5.31. The average Bonchev–Trinajstić information content (AvgIpc) is 3.36. The van der Waals surface area contributed by atoms with E-state index < -0.39 is 17.2 Å². The number of aromatic nitrogens is 1. The van der Waals surface area contributed by atoms with E-state index in [1.807, 2.05) is 46.9 Å². The fraction of sp³-hybridized carbons (Fsp3) is 0.545. The first-order valence-electron chi connectivity index (χ1n) is 9.90. The van der Waals surface area contributed by atoms with Crippen LogP contribution in [0.25, 0.3) is 10.9 Å². The SMILES string of the molecule is Cc1ccc2c(CC(=O)NC(C)(CNC(=O)OC(C)(C)C)C3CC3)c[nH]c2c1. The van der Waals surface area contributed by atoms with Crippen LogP contribution < -0.4 is 10.6 Å². The van der Waals surface area contributed by atoms with Crippen molar-refractivity contribution in [3.63, 3.8) is 0 Å². The van der Waals surface area contributed by atoms with E-state index in [0.717, 1.165) is 29.3 Å². The smallest absolute Gasteiger partial charge is 0.407 e. The van der Waals surface area contributed by atoms with Crippen molar-refractivity contribution >= 4 is 22.9 Å². The standard InChI is InChI=1S/C22H31N3O3/c1-14-6-9-17-15(12-23-18(17)10-14)11-19(26)25-22(5,16-7-8-16)13-24-20(27)28-21(2,3)4/h6,9-10,12,16,23H,7-8,11,13H2,1-5H3,(H,24,27)(H,25,26). The number of nitrogens with one attached hydrogen (secondary N) is 3. The second-order valence-electron chi connectivity index (χ2n) is 9.14. The van der Waals surface area contributed by atoms with Crippen LogP contribution in [0.2, 0.25) is 0 Å². The molecule has 1 heterocycles. The summed E-state index contributed by atoms with van der Waals surface area (Å²) in [4.78, 5) is 28.0. The first-order chi connectivity index (χ1) is 13.1. The summed E-state index contributed by atoms with van der Waals surface area (Å²) in [5.74, 6) is 0.332. The van der Waals surface area contributed by atoms with Crippen molar-refractivity contribution < 1.29 is 14.3 Å². The number of aryl methyl sites for hydroxylation is 1. The third kappa shape index (κ3) is 5.06. The lowest BCUT2D eigenvalue weighted by Gasteiger charge is -2.32. The van der Waals surface area contributed by atoms with Gasteiger partial charge in [-0.1, -0.05) is 12.1 Å². The summed E-state index contributed by atoms with van der Waals surface area (Å²) >= 11 is 0. The van der Waals surface area contributed by atoms with Crippen LogP contribution in [-0.4, -0.2) is 34.7 Å². The summed E-state index contributed by atoms with van der Waals surface area (Å²) in [5.41, 5.74) is 2.18. The van der Waals surface area contributed by atoms with Gasteiger partial charge in [-0.25, -0.2) is 4.79 Å². The average molecular weight is 386 g/mol. The molecule has 28 heavy (non-hydrogen) atoms. The molecule has 1 fully saturated rings. The normalized spacial score (nSPS) is 16.5. The summed E-state index contributed by atoms with van der Waals surface area (Å²) in [6.45, 7) is 9.89. The van der Waals surface area contributed by atoms with E-state index in [1.54, 1.807) is 0 Å². The maximum absolute atomic E-state index is 12.8. The number of amides is 2. The first-order valence-corrected chi connectivity index (χ1v) is 9.90. The minimum Gasteiger partial charge on any atom is -0.444 e. The zero-order valence-electron chi connectivity index (χ0n) is 17.4. The number of rotatable bonds is 6. The van der Waals surface area contributed by atoms with Gasteiger partial charge in [-0.05, 0) is 70.6 Å². The molecule has 1 aliphatic carbocycles. The van der Waals surface area contributed by atoms with Crippen molar-refractivity contribution in [1.29, 1.82) is 0 Å². The van der Waals surface area contributed by atoms with Gasteiger partial charge in [0.05, 0.1) is 12.0 Å². The number of aromatic amines is 1. The number of ether oxygens (including phenoxy) is 1. The Bertz CT molecular complexity index is 877. The van der Waals surface area contributed by atoms with Crippen LogP contribution in [0.1, 0.15) is 51.7 Å². The number of alkyl carbamates (subject to hydrolysis) is 1. The maximum Gasteiger partial charge on any atom is 0.407 e. The van der Waals surface area contributed by atoms with Crippen LogP contribution in [0.3, 0.4) is 0 Å². The zero-order valence-corrected chi connectivity index (χ0v) is 17.4. The number of H-pyrrole nitrogens is 1. The molecule has 0 radical (unpaired) electrons. The molecule has 1 aromatic carbocycles. The lowest BCUT2D eigenvalue weighted by Crippen LogP contribution is -2.56. The molecule has 0 aliphatic heterocycles. The maximum atomic E-state index is 12.8. The molecule has 1 aliphatic rings. The Morgan fingerprint density at radius 3 is 2.57 bits per heavy atom. The molecule has 6 heteroatoms. The number of carbonyl (C=O) groups excluding carboxylic acids is 2. The molecule has 0 spiro atoms. The van der Waals surface area contributed by atoms with Crippen LogP contribution in [0.4, 0.5) is 4.79 Å². The van der Waals surface area contributed by atoms with Gasteiger partial charge in [-0.3, -0.25) is 4.79 Å². The van der Waals surface area contributed by atoms with E-state index in [9.17, 15) is 9.59 Å². The number of fused-ring (bicyclic) bond motifs is 1. The monoisotopic (exact) mass is 385 g/mol. The van der Waals surface area contributed by atoms with Crippen LogP contribution in [-0.2, 0) is 16.0 Å². The van der Waals surface area contributed by atoms with E-state index in [-0.39, 0.29) is 5.91 Å². The Labute approximate surface area is 166 Å². The third-order valence-electron chi connectivity index (χ3n) is 5.18. The Balaban J connectivity index is 1.63. The highest BCUT2D eigenvalue weighted by atomic mass is 16.6. The van der Waals surface area contributed by atoms with Gasteiger partial charge in [0, 0.05) is 23.6 Å². The molecule has 3 rings (SSSR count). The quantitative estimate of drug-likeness (QED) is 0.707. The molecule has 2 aromatic rings. The largest absolute Gasteiger partial charge is 0.444 e. The van der Waals surface area contributed by atoms with Gasteiger partial charge in [0.15, 0.2) is 0 Å². The van der Waals surface area contributed by atoms with Crippen LogP contribution in [0.15, 0.2) is 24.4 Å². The minimum absolute atomic E-state index is 0.0399. The highest BCUT2D eigenvalue weighted by Crippen LogP contribution is 2.39. The lowest BCUT2D eigenvalue weighted by atomic mass is 9.95. The van der Waals surface area contributed by atoms with Gasteiger partial charge in [-0.2, -0.15) is 0 Å². The van der Waals surface area contributed by atoms with Crippen molar-refractivity contribution in [1.82, 2.24) is 15.6 Å². The predicted molar refractivity (Wildman–Crippen MR) is 110 cm³/mol. The van der Waals surface area contributed by atoms with Gasteiger partial charge in [0.1, 0.15) is 5.60 Å². The molecule has 1 atom stereocenters. The molecule has 152 valence electrons. The molecule has 3 N–H and O–H groups in total. The first kappa shape index (κ1) is 20.2. The van der Waals surface area contributed by atoms with E-state index in [0.29, 0.717) is 18.9 Å². The molecule has 0 bridgehead atoms. The molecule has 6 nitrogen and oxygen atoms in total. The molecular weight excluding hydrogens is 354 g/mol. The van der Waals surface area contributed by atoms with Crippen molar-refractivity contribution in [2.75, 3.05) is 6.54 Å². The number of carbonyl (C=O) groups is 2. The summed E-state index contributed by atoms with van der Waals surface area (Å²) in [7, 11) is 0. The van der Waals surface area contributed by atoms with Crippen LogP contribution in [0, 0.1) is 12.8 Å². The highest BCUT2D eigenvalue weighted by Gasteiger charge is 2.43. The number of hydrogen-bond acceptors (Lipinski definition) is 3. The molecule has 1 saturated carbocycles. The van der Waals surface area contributed by atoms with Crippen molar-refractivity contribution in [2.45, 2.75) is 65.0 Å². The zero-order chi connectivity index (χ0) is 20.5. The second-order valence-corrected chi connectivity index (χ2v) is 9.14. The molecule has 1 aromatic heterocycles. The fourth-order valence-corrected chi connectivity index (χ4v) is 3.56. The Hall–Kier alpha value is -2.50. The topological polar surface area (TPSA) is 83.2 Å².